The van der Waals surface area contributed by atoms with Crippen LogP contribution in [0.3, 0.4) is 0 Å². The van der Waals surface area contributed by atoms with Crippen LogP contribution >= 0.6 is 0 Å². The minimum atomic E-state index is -0.743. The quantitative estimate of drug-likeness (QED) is 0.560. The van der Waals surface area contributed by atoms with Gasteiger partial charge in [-0.15, -0.1) is 0 Å². The Morgan fingerprint density at radius 2 is 1.67 bits per heavy atom. The summed E-state index contributed by atoms with van der Waals surface area (Å²) in [7, 11) is 3.04. The zero-order valence-electron chi connectivity index (χ0n) is 17.9. The van der Waals surface area contributed by atoms with Gasteiger partial charge in [0.25, 0.3) is 0 Å². The number of hydrogen-bond donors (Lipinski definition) is 2. The van der Waals surface area contributed by atoms with Gasteiger partial charge < -0.3 is 20.5 Å². The van der Waals surface area contributed by atoms with E-state index in [1.807, 2.05) is 20.8 Å². The van der Waals surface area contributed by atoms with Crippen molar-refractivity contribution < 1.29 is 18.3 Å². The van der Waals surface area contributed by atoms with Crippen molar-refractivity contribution in [2.75, 3.05) is 18.2 Å². The van der Waals surface area contributed by atoms with Gasteiger partial charge in [0.15, 0.2) is 0 Å². The van der Waals surface area contributed by atoms with Gasteiger partial charge >= 0.3 is 0 Å². The lowest BCUT2D eigenvalue weighted by Gasteiger charge is -2.22. The van der Waals surface area contributed by atoms with Gasteiger partial charge in [-0.3, -0.25) is 4.68 Å². The lowest BCUT2D eigenvalue weighted by molar-refractivity contribution is 0.131. The van der Waals surface area contributed by atoms with E-state index in [0.29, 0.717) is 34.2 Å². The maximum atomic E-state index is 14.8. The summed E-state index contributed by atoms with van der Waals surface area (Å²) in [6.45, 7) is 7.52. The van der Waals surface area contributed by atoms with Crippen LogP contribution in [0.2, 0.25) is 0 Å². The number of hydrogen-bond acceptors (Lipinski definition) is 5. The second-order valence-electron chi connectivity index (χ2n) is 7.99. The highest BCUT2D eigenvalue weighted by molar-refractivity contribution is 5.84. The molecule has 30 heavy (non-hydrogen) atoms. The molecule has 3 aromatic rings. The lowest BCUT2D eigenvalue weighted by Crippen LogP contribution is -2.23. The SMILES string of the molecule is COc1cc(F)c(-c2c(C)nn(C)c2Nc2ccc(OC(C)(C)C)cc2N)c(F)c1. The molecule has 0 fully saturated rings. The van der Waals surface area contributed by atoms with Crippen LogP contribution in [0.25, 0.3) is 11.1 Å². The van der Waals surface area contributed by atoms with Crippen LogP contribution in [-0.2, 0) is 7.05 Å². The molecule has 0 saturated carbocycles. The van der Waals surface area contributed by atoms with Gasteiger partial charge in [-0.05, 0) is 39.8 Å². The van der Waals surface area contributed by atoms with E-state index in [2.05, 4.69) is 10.4 Å². The Kier molecular flexibility index (Phi) is 5.61. The number of benzene rings is 2. The van der Waals surface area contributed by atoms with E-state index in [1.165, 1.54) is 11.8 Å². The maximum Gasteiger partial charge on any atom is 0.137 e. The summed E-state index contributed by atoms with van der Waals surface area (Å²) in [5.41, 5.74) is 7.41. The summed E-state index contributed by atoms with van der Waals surface area (Å²) < 4.78 is 41.8. The number of aryl methyl sites for hydroxylation is 2. The fraction of sp³-hybridized carbons (Fsp3) is 0.318. The normalized spacial score (nSPS) is 11.5. The highest BCUT2D eigenvalue weighted by Crippen LogP contribution is 2.39. The van der Waals surface area contributed by atoms with Crippen LogP contribution in [0.15, 0.2) is 30.3 Å². The molecule has 3 rings (SSSR count). The fourth-order valence-corrected chi connectivity index (χ4v) is 3.21. The number of rotatable bonds is 5. The molecule has 6 nitrogen and oxygen atoms in total. The number of nitrogen functional groups attached to an aromatic ring is 1. The molecule has 0 spiro atoms. The van der Waals surface area contributed by atoms with Crippen molar-refractivity contribution in [3.05, 3.63) is 47.7 Å². The maximum absolute atomic E-state index is 14.8. The molecular weight excluding hydrogens is 390 g/mol. The summed E-state index contributed by atoms with van der Waals surface area (Å²) in [6.07, 6.45) is 0. The van der Waals surface area contributed by atoms with Crippen LogP contribution in [0.1, 0.15) is 26.5 Å². The number of methoxy groups -OCH3 is 1. The minimum absolute atomic E-state index is 0.100. The first-order valence-electron chi connectivity index (χ1n) is 9.42. The Morgan fingerprint density at radius 3 is 2.20 bits per heavy atom. The van der Waals surface area contributed by atoms with Crippen LogP contribution < -0.4 is 20.5 Å². The van der Waals surface area contributed by atoms with E-state index in [1.54, 1.807) is 32.2 Å². The minimum Gasteiger partial charge on any atom is -0.497 e. The number of anilines is 3. The van der Waals surface area contributed by atoms with Gasteiger partial charge in [-0.25, -0.2) is 8.78 Å². The van der Waals surface area contributed by atoms with Crippen molar-refractivity contribution in [2.45, 2.75) is 33.3 Å². The molecule has 0 bridgehead atoms. The van der Waals surface area contributed by atoms with Crippen LogP contribution in [0.5, 0.6) is 11.5 Å². The van der Waals surface area contributed by atoms with Gasteiger partial charge in [0.05, 0.1) is 35.3 Å². The number of aromatic nitrogens is 2. The molecule has 0 atom stereocenters. The Bertz CT molecular complexity index is 1060. The van der Waals surface area contributed by atoms with Crippen molar-refractivity contribution in [3.8, 4) is 22.6 Å². The summed E-state index contributed by atoms with van der Waals surface area (Å²) in [6, 6.07) is 7.51. The van der Waals surface area contributed by atoms with E-state index in [0.717, 1.165) is 12.1 Å². The monoisotopic (exact) mass is 416 g/mol. The molecule has 0 unspecified atom stereocenters. The summed E-state index contributed by atoms with van der Waals surface area (Å²) >= 11 is 0. The van der Waals surface area contributed by atoms with E-state index in [-0.39, 0.29) is 16.9 Å². The second-order valence-corrected chi connectivity index (χ2v) is 7.99. The van der Waals surface area contributed by atoms with Crippen molar-refractivity contribution in [1.29, 1.82) is 0 Å². The number of nitrogens with zero attached hydrogens (tertiary/aromatic N) is 2. The molecule has 0 saturated heterocycles. The van der Waals surface area contributed by atoms with Crippen molar-refractivity contribution in [2.24, 2.45) is 7.05 Å². The molecule has 0 aliphatic carbocycles. The smallest absolute Gasteiger partial charge is 0.137 e. The molecule has 8 heteroatoms. The Labute approximate surface area is 174 Å². The topological polar surface area (TPSA) is 74.3 Å². The molecule has 160 valence electrons. The first-order valence-corrected chi connectivity index (χ1v) is 9.42. The van der Waals surface area contributed by atoms with Gasteiger partial charge in [-0.1, -0.05) is 0 Å². The standard InChI is InChI=1S/C22H26F2N4O2/c1-12-19(20-15(23)9-14(29-6)10-16(20)24)21(28(5)27-12)26-18-8-7-13(11-17(18)25)30-22(2,3)4/h7-11,26H,25H2,1-6H3. The van der Waals surface area contributed by atoms with Gasteiger partial charge in [-0.2, -0.15) is 5.10 Å². The summed E-state index contributed by atoms with van der Waals surface area (Å²) in [5.74, 6) is -0.352. The zero-order chi connectivity index (χ0) is 22.2. The Hall–Kier alpha value is -3.29. The second kappa shape index (κ2) is 7.85. The van der Waals surface area contributed by atoms with E-state index in [4.69, 9.17) is 15.2 Å². The molecule has 0 radical (unpaired) electrons. The molecular formula is C22H26F2N4O2. The van der Waals surface area contributed by atoms with Crippen molar-refractivity contribution in [1.82, 2.24) is 9.78 Å². The van der Waals surface area contributed by atoms with Crippen LogP contribution in [0.4, 0.5) is 26.0 Å². The molecule has 0 aliphatic heterocycles. The first-order chi connectivity index (χ1) is 14.0. The molecule has 3 N–H and O–H groups in total. The first kappa shape index (κ1) is 21.4. The molecule has 2 aromatic carbocycles. The lowest BCUT2D eigenvalue weighted by atomic mass is 10.0. The predicted molar refractivity (Wildman–Crippen MR) is 114 cm³/mol. The van der Waals surface area contributed by atoms with Gasteiger partial charge in [0, 0.05) is 25.2 Å². The largest absolute Gasteiger partial charge is 0.497 e. The molecule has 0 aliphatic rings. The highest BCUT2D eigenvalue weighted by atomic mass is 19.1. The molecule has 1 aromatic heterocycles. The third kappa shape index (κ3) is 4.32. The zero-order valence-corrected chi connectivity index (χ0v) is 17.9. The van der Waals surface area contributed by atoms with E-state index >= 15 is 0 Å². The fourth-order valence-electron chi connectivity index (χ4n) is 3.21. The molecule has 0 amide bonds. The van der Waals surface area contributed by atoms with E-state index in [9.17, 15) is 8.78 Å². The van der Waals surface area contributed by atoms with Gasteiger partial charge in [0.2, 0.25) is 0 Å². The van der Waals surface area contributed by atoms with Crippen molar-refractivity contribution >= 4 is 17.2 Å². The predicted octanol–water partition coefficient (Wildman–Crippen LogP) is 5.19. The summed E-state index contributed by atoms with van der Waals surface area (Å²) in [4.78, 5) is 0. The number of nitrogens with one attached hydrogen (secondary N) is 1. The van der Waals surface area contributed by atoms with Gasteiger partial charge in [0.1, 0.15) is 34.6 Å². The third-order valence-corrected chi connectivity index (χ3v) is 4.42. The number of ether oxygens (including phenoxy) is 2. The van der Waals surface area contributed by atoms with Crippen LogP contribution in [0, 0.1) is 18.6 Å². The molecule has 1 heterocycles. The Morgan fingerprint density at radius 1 is 1.03 bits per heavy atom. The third-order valence-electron chi connectivity index (χ3n) is 4.42. The summed E-state index contributed by atoms with van der Waals surface area (Å²) in [5, 5.41) is 7.48. The van der Waals surface area contributed by atoms with E-state index < -0.39 is 11.6 Å². The average Bonchev–Trinajstić information content (AvgIpc) is 2.89. The average molecular weight is 416 g/mol. The van der Waals surface area contributed by atoms with Crippen molar-refractivity contribution in [3.63, 3.8) is 0 Å². The Balaban J connectivity index is 2.04. The van der Waals surface area contributed by atoms with Crippen LogP contribution in [-0.4, -0.2) is 22.5 Å². The number of halogens is 2. The number of nitrogens with two attached hydrogens (primary N) is 1. The highest BCUT2D eigenvalue weighted by Gasteiger charge is 2.23.